The van der Waals surface area contributed by atoms with E-state index in [0.717, 1.165) is 18.1 Å². The molecule has 0 unspecified atom stereocenters. The van der Waals surface area contributed by atoms with Gasteiger partial charge in [0.05, 0.1) is 0 Å². The number of nitrogens with zero attached hydrogens (tertiary/aromatic N) is 1. The minimum Gasteiger partial charge on any atom is -0.443 e. The molecule has 0 atom stereocenters. The zero-order valence-corrected chi connectivity index (χ0v) is 12.3. The predicted octanol–water partition coefficient (Wildman–Crippen LogP) is 4.36. The van der Waals surface area contributed by atoms with Gasteiger partial charge in [-0.2, -0.15) is 0 Å². The summed E-state index contributed by atoms with van der Waals surface area (Å²) in [6.07, 6.45) is 2.74. The minimum atomic E-state index is 0.0117. The molecule has 0 N–H and O–H groups in total. The van der Waals surface area contributed by atoms with E-state index in [1.54, 1.807) is 6.20 Å². The fourth-order valence-corrected chi connectivity index (χ4v) is 2.29. The molecule has 0 saturated heterocycles. The highest BCUT2D eigenvalue weighted by molar-refractivity contribution is 5.39. The van der Waals surface area contributed by atoms with Gasteiger partial charge in [-0.3, -0.25) is 0 Å². The third-order valence-electron chi connectivity index (χ3n) is 3.28. The first kappa shape index (κ1) is 13.1. The van der Waals surface area contributed by atoms with Crippen LogP contribution in [0.5, 0.6) is 5.88 Å². The molecule has 0 saturated carbocycles. The average Bonchev–Trinajstić information content (AvgIpc) is 2.25. The third kappa shape index (κ3) is 2.43. The van der Waals surface area contributed by atoms with E-state index in [4.69, 9.17) is 4.74 Å². The molecule has 0 aliphatic carbocycles. The second-order valence-corrected chi connectivity index (χ2v) is 7.05. The van der Waals surface area contributed by atoms with E-state index < -0.39 is 0 Å². The Kier molecular flexibility index (Phi) is 3.00. The van der Waals surface area contributed by atoms with Crippen molar-refractivity contribution in [1.29, 1.82) is 0 Å². The summed E-state index contributed by atoms with van der Waals surface area (Å²) in [6.45, 7) is 13.3. The Morgan fingerprint density at radius 3 is 2.28 bits per heavy atom. The highest BCUT2D eigenvalue weighted by atomic mass is 16.5. The summed E-state index contributed by atoms with van der Waals surface area (Å²) < 4.78 is 6.10. The molecule has 2 heterocycles. The molecule has 0 amide bonds. The van der Waals surface area contributed by atoms with Crippen molar-refractivity contribution in [1.82, 2.24) is 4.98 Å². The van der Waals surface area contributed by atoms with Gasteiger partial charge in [-0.15, -0.1) is 0 Å². The average molecular weight is 245 g/mol. The quantitative estimate of drug-likeness (QED) is 0.677. The molecule has 98 valence electrons. The summed E-state index contributed by atoms with van der Waals surface area (Å²) in [6, 6.07) is 4.08. The lowest BCUT2D eigenvalue weighted by Gasteiger charge is -2.36. The molecule has 2 heteroatoms. The maximum Gasteiger partial charge on any atom is 0.222 e. The van der Waals surface area contributed by atoms with E-state index in [2.05, 4.69) is 52.6 Å². The second kappa shape index (κ2) is 4.11. The van der Waals surface area contributed by atoms with Crippen molar-refractivity contribution in [2.75, 3.05) is 0 Å². The molecule has 18 heavy (non-hydrogen) atoms. The van der Waals surface area contributed by atoms with Crippen LogP contribution in [0.3, 0.4) is 0 Å². The zero-order valence-electron chi connectivity index (χ0n) is 12.3. The molecule has 2 nitrogen and oxygen atoms in total. The number of pyridine rings is 1. The van der Waals surface area contributed by atoms with Crippen LogP contribution >= 0.6 is 0 Å². The first-order valence-electron chi connectivity index (χ1n) is 6.55. The van der Waals surface area contributed by atoms with Gasteiger partial charge in [-0.25, -0.2) is 4.98 Å². The summed E-state index contributed by atoms with van der Waals surface area (Å²) in [5.41, 5.74) is 2.71. The summed E-state index contributed by atoms with van der Waals surface area (Å²) in [4.78, 5) is 4.34. The van der Waals surface area contributed by atoms with E-state index in [-0.39, 0.29) is 10.8 Å². The van der Waals surface area contributed by atoms with Crippen LogP contribution in [0, 0.1) is 10.8 Å². The third-order valence-corrected chi connectivity index (χ3v) is 3.28. The molecule has 1 aliphatic rings. The van der Waals surface area contributed by atoms with Crippen LogP contribution in [0.25, 0.3) is 0 Å². The van der Waals surface area contributed by atoms with Gasteiger partial charge in [-0.05, 0) is 17.1 Å². The Morgan fingerprint density at radius 2 is 1.72 bits per heavy atom. The molecule has 0 radical (unpaired) electrons. The smallest absolute Gasteiger partial charge is 0.222 e. The van der Waals surface area contributed by atoms with Crippen molar-refractivity contribution < 1.29 is 4.74 Å². The van der Waals surface area contributed by atoms with Crippen LogP contribution in [-0.2, 0) is 6.42 Å². The zero-order chi connectivity index (χ0) is 13.6. The Bertz CT molecular complexity index is 442. The standard InChI is InChI=1S/C16H23NO/c1-15(2,3)12-10-11-8-7-9-17-14(11)18-13(12)16(4,5)6/h7-9H,10H2,1-6H3. The van der Waals surface area contributed by atoms with Gasteiger partial charge in [-0.1, -0.05) is 47.6 Å². The van der Waals surface area contributed by atoms with E-state index >= 15 is 0 Å². The van der Waals surface area contributed by atoms with Gasteiger partial charge in [0.15, 0.2) is 0 Å². The molecule has 0 fully saturated rings. The van der Waals surface area contributed by atoms with Gasteiger partial charge in [0.25, 0.3) is 0 Å². The molecular weight excluding hydrogens is 222 g/mol. The van der Waals surface area contributed by atoms with Gasteiger partial charge >= 0.3 is 0 Å². The van der Waals surface area contributed by atoms with Gasteiger partial charge in [0.2, 0.25) is 5.88 Å². The predicted molar refractivity (Wildman–Crippen MR) is 74.5 cm³/mol. The van der Waals surface area contributed by atoms with Crippen LogP contribution in [0.1, 0.15) is 47.1 Å². The number of ether oxygens (including phenoxy) is 1. The molecule has 1 aromatic rings. The lowest BCUT2D eigenvalue weighted by Crippen LogP contribution is -2.28. The summed E-state index contributed by atoms with van der Waals surface area (Å²) >= 11 is 0. The summed E-state index contributed by atoms with van der Waals surface area (Å²) in [5.74, 6) is 1.86. The SMILES string of the molecule is CC(C)(C)C1=C(C(C)(C)C)Oc2ncccc2C1. The Hall–Kier alpha value is -1.31. The van der Waals surface area contributed by atoms with Crippen molar-refractivity contribution in [3.05, 3.63) is 35.2 Å². The van der Waals surface area contributed by atoms with Gasteiger partial charge < -0.3 is 4.74 Å². The number of rotatable bonds is 0. The molecule has 0 bridgehead atoms. The first-order chi connectivity index (χ1) is 8.19. The second-order valence-electron chi connectivity index (χ2n) is 7.05. The van der Waals surface area contributed by atoms with Gasteiger partial charge in [0.1, 0.15) is 5.76 Å². The van der Waals surface area contributed by atoms with Crippen molar-refractivity contribution in [3.8, 4) is 5.88 Å². The first-order valence-corrected chi connectivity index (χ1v) is 6.55. The van der Waals surface area contributed by atoms with Gasteiger partial charge in [0, 0.05) is 23.6 Å². The normalized spacial score (nSPS) is 16.3. The monoisotopic (exact) mass is 245 g/mol. The maximum atomic E-state index is 6.10. The van der Waals surface area contributed by atoms with Crippen molar-refractivity contribution in [3.63, 3.8) is 0 Å². The highest BCUT2D eigenvalue weighted by Gasteiger charge is 2.34. The van der Waals surface area contributed by atoms with Crippen LogP contribution < -0.4 is 4.74 Å². The summed E-state index contributed by atoms with van der Waals surface area (Å²) in [5, 5.41) is 0. The molecule has 1 aliphatic heterocycles. The van der Waals surface area contributed by atoms with Crippen molar-refractivity contribution in [2.45, 2.75) is 48.0 Å². The molecule has 0 spiro atoms. The van der Waals surface area contributed by atoms with Crippen LogP contribution in [-0.4, -0.2) is 4.98 Å². The lowest BCUT2D eigenvalue weighted by atomic mass is 9.76. The number of hydrogen-bond donors (Lipinski definition) is 0. The number of hydrogen-bond acceptors (Lipinski definition) is 2. The van der Waals surface area contributed by atoms with Crippen molar-refractivity contribution >= 4 is 0 Å². The Morgan fingerprint density at radius 1 is 1.06 bits per heavy atom. The van der Waals surface area contributed by atoms with Crippen LogP contribution in [0.2, 0.25) is 0 Å². The molecule has 1 aromatic heterocycles. The fraction of sp³-hybridized carbons (Fsp3) is 0.562. The summed E-state index contributed by atoms with van der Waals surface area (Å²) in [7, 11) is 0. The molecule has 0 aromatic carbocycles. The maximum absolute atomic E-state index is 6.10. The topological polar surface area (TPSA) is 22.1 Å². The molecular formula is C16H23NO. The Balaban J connectivity index is 2.53. The number of aromatic nitrogens is 1. The minimum absolute atomic E-state index is 0.0117. The van der Waals surface area contributed by atoms with E-state index in [1.807, 2.05) is 6.07 Å². The number of fused-ring (bicyclic) bond motifs is 1. The Labute approximate surface area is 110 Å². The van der Waals surface area contributed by atoms with Crippen LogP contribution in [0.4, 0.5) is 0 Å². The molecule has 2 rings (SSSR count). The van der Waals surface area contributed by atoms with E-state index in [0.29, 0.717) is 0 Å². The fourth-order valence-electron chi connectivity index (χ4n) is 2.29. The van der Waals surface area contributed by atoms with E-state index in [9.17, 15) is 0 Å². The highest BCUT2D eigenvalue weighted by Crippen LogP contribution is 2.43. The number of allylic oxidation sites excluding steroid dienone is 2. The van der Waals surface area contributed by atoms with Crippen LogP contribution in [0.15, 0.2) is 29.7 Å². The lowest BCUT2D eigenvalue weighted by molar-refractivity contribution is 0.251. The van der Waals surface area contributed by atoms with E-state index in [1.165, 1.54) is 11.1 Å². The largest absolute Gasteiger partial charge is 0.443 e. The van der Waals surface area contributed by atoms with Crippen molar-refractivity contribution in [2.24, 2.45) is 10.8 Å².